The monoisotopic (exact) mass is 1100 g/mol. The van der Waals surface area contributed by atoms with E-state index < -0.39 is 127 Å². The molecule has 20 heteroatoms. The molecule has 0 saturated carbocycles. The molecule has 6 heterocycles. The van der Waals surface area contributed by atoms with Crippen molar-refractivity contribution >= 4 is 24.4 Å². The Morgan fingerprint density at radius 1 is 0.907 bits per heavy atom. The fraction of sp³-hybridized carbons (Fsp3) is 0.800. The predicted molar refractivity (Wildman–Crippen MR) is 276 cm³/mol. The van der Waals surface area contributed by atoms with E-state index in [2.05, 4.69) is 71.0 Å². The minimum absolute atomic E-state index is 0.00896. The van der Waals surface area contributed by atoms with Gasteiger partial charge in [0.05, 0.1) is 61.5 Å². The first-order valence-electron chi connectivity index (χ1n) is 26.9. The average molecular weight is 1100 g/mol. The van der Waals surface area contributed by atoms with Crippen LogP contribution in [0.3, 0.4) is 0 Å². The summed E-state index contributed by atoms with van der Waals surface area (Å²) < 4.78 is 134. The first kappa shape index (κ1) is 60.3. The summed E-state index contributed by atoms with van der Waals surface area (Å²) in [6.45, 7) is 26.5. The van der Waals surface area contributed by atoms with Gasteiger partial charge in [-0.15, -0.1) is 0 Å². The van der Waals surface area contributed by atoms with Gasteiger partial charge in [0.15, 0.2) is 20.4 Å². The third kappa shape index (κ3) is 12.5. The number of aliphatic hydroxyl groups is 1. The van der Waals surface area contributed by atoms with E-state index in [4.69, 9.17) is 47.1 Å². The van der Waals surface area contributed by atoms with Gasteiger partial charge in [0.2, 0.25) is 0 Å². The minimum atomic E-state index is -5.93. The molecule has 6 aliphatic heterocycles. The third-order valence-electron chi connectivity index (χ3n) is 17.5. The van der Waals surface area contributed by atoms with Gasteiger partial charge in [0.1, 0.15) is 29.8 Å². The van der Waals surface area contributed by atoms with Gasteiger partial charge in [-0.3, -0.25) is 8.98 Å². The molecule has 2 bridgehead atoms. The average Bonchev–Trinajstić information content (AvgIpc) is 3.66. The normalized spacial score (nSPS) is 43.6. The zero-order valence-electron chi connectivity index (χ0n) is 46.6. The summed E-state index contributed by atoms with van der Waals surface area (Å²) in [5.74, 6) is -3.23. The first-order valence-corrected chi connectivity index (χ1v) is 31.2. The fourth-order valence-electron chi connectivity index (χ4n) is 12.0. The maximum absolute atomic E-state index is 14.9. The number of ether oxygens (including phenoxy) is 9. The van der Waals surface area contributed by atoms with Crippen LogP contribution in [0.5, 0.6) is 0 Å². The van der Waals surface area contributed by atoms with Crippen LogP contribution < -0.4 is 0 Å². The Kier molecular flexibility index (Phi) is 18.5. The van der Waals surface area contributed by atoms with Crippen LogP contribution >= 0.6 is 0 Å². The highest BCUT2D eigenvalue weighted by atomic mass is 32.2. The molecule has 1 unspecified atom stereocenters. The van der Waals surface area contributed by atoms with Crippen molar-refractivity contribution in [2.24, 2.45) is 29.6 Å². The summed E-state index contributed by atoms with van der Waals surface area (Å²) in [5, 5.41) is 13.1. The molecule has 1 N–H and O–H groups in total. The maximum atomic E-state index is 14.9. The van der Waals surface area contributed by atoms with E-state index in [9.17, 15) is 31.5 Å². The van der Waals surface area contributed by atoms with Crippen molar-refractivity contribution in [1.82, 2.24) is 0 Å². The summed E-state index contributed by atoms with van der Waals surface area (Å²) >= 11 is 0. The molecule has 4 saturated heterocycles. The second-order valence-electron chi connectivity index (χ2n) is 23.9. The lowest BCUT2D eigenvalue weighted by molar-refractivity contribution is -0.300. The van der Waals surface area contributed by atoms with Gasteiger partial charge in [-0.05, 0) is 81.0 Å². The highest BCUT2D eigenvalue weighted by Gasteiger charge is 2.62. The quantitative estimate of drug-likeness (QED) is 0.0681. The first-order chi connectivity index (χ1) is 34.9. The topological polar surface area (TPSA) is 173 Å². The van der Waals surface area contributed by atoms with Crippen molar-refractivity contribution in [3.8, 4) is 0 Å². The lowest BCUT2D eigenvalue weighted by Crippen LogP contribution is -2.60. The van der Waals surface area contributed by atoms with Crippen LogP contribution in [0, 0.1) is 29.6 Å². The highest BCUT2D eigenvalue weighted by Crippen LogP contribution is 2.50. The number of hydrogen-bond donors (Lipinski definition) is 1. The van der Waals surface area contributed by atoms with E-state index in [0.717, 1.165) is 17.6 Å². The van der Waals surface area contributed by atoms with Gasteiger partial charge in [0.25, 0.3) is 0 Å². The van der Waals surface area contributed by atoms with Gasteiger partial charge < -0.3 is 52.2 Å². The van der Waals surface area contributed by atoms with Crippen molar-refractivity contribution in [2.45, 2.75) is 229 Å². The standard InChI is InChI=1S/C55H85F3O15SSi/c1-16-30(2)47-33(5)22-23-53(71-47)28-39-25-38(70-53)21-20-32(4)46(69-44-27-41(63-12)45(35(7)67-44)42-26-43(64-13)49(36(8)66-42)72-74(61,62)55(56,57)58)31(3)18-17-19-37-29-65-50-48(73-75(14,15)52(9,10)11)34(6)24-40(51(59)68-39)54(37,50)60/h17-20,22-24,30-31,33,35-36,38-50,60H,16,21,25-29H2,1-15H3/b18-17+,32-20+,37-19+/t30-,31+,33+,35+,36+,38-,39+,40+,41+,42-,43+,44+,45?,46+,47-,48-,49-,50-,53-,54-/m1/s1. The van der Waals surface area contributed by atoms with Crippen molar-refractivity contribution in [2.75, 3.05) is 20.8 Å². The zero-order valence-corrected chi connectivity index (χ0v) is 48.4. The molecule has 0 aromatic carbocycles. The summed E-state index contributed by atoms with van der Waals surface area (Å²) in [5.41, 5.74) is -5.23. The Bertz CT molecular complexity index is 2300. The Balaban J connectivity index is 1.21. The number of esters is 1. The molecule has 7 aliphatic rings. The van der Waals surface area contributed by atoms with Gasteiger partial charge in [-0.1, -0.05) is 91.3 Å². The number of alkyl halides is 3. The van der Waals surface area contributed by atoms with Crippen LogP contribution in [-0.2, 0) is 66.2 Å². The van der Waals surface area contributed by atoms with E-state index in [1.807, 2.05) is 58.1 Å². The van der Waals surface area contributed by atoms with Crippen molar-refractivity contribution in [3.05, 3.63) is 59.3 Å². The molecule has 426 valence electrons. The number of carbonyl (C=O) groups excluding carboxylic acids is 1. The van der Waals surface area contributed by atoms with Gasteiger partial charge in [-0.25, -0.2) is 0 Å². The molecule has 0 aromatic rings. The van der Waals surface area contributed by atoms with Crippen molar-refractivity contribution in [1.29, 1.82) is 0 Å². The summed E-state index contributed by atoms with van der Waals surface area (Å²) in [6.07, 6.45) is 6.36. The van der Waals surface area contributed by atoms with Crippen LogP contribution in [0.1, 0.15) is 115 Å². The molecule has 15 nitrogen and oxygen atoms in total. The SMILES string of the molecule is CC[C@@H](C)[C@H]1O[C@]2(C=C[C@@H]1C)C[C@@H]1C[C@@H](C/C=C(\C)[C@@H](O[C@H]3C[C@H](OC)C([C@H]4C[C@H](OC)[C@H](OS(=O)(=O)C(F)(F)F)[C@H](C)O4)[C@H](C)O3)[C@@H](C)/C=C/C=C3\CO[C@@H]4[C@H](O[Si](C)(C)C(C)(C)C)C(C)=C[C@@H](C(=O)O1)[C@]34O)O2. The molecule has 0 amide bonds. The Morgan fingerprint density at radius 3 is 2.24 bits per heavy atom. The summed E-state index contributed by atoms with van der Waals surface area (Å²) in [4.78, 5) is 14.9. The second-order valence-corrected chi connectivity index (χ2v) is 30.2. The predicted octanol–water partition coefficient (Wildman–Crippen LogP) is 9.55. The largest absolute Gasteiger partial charge is 0.523 e. The Morgan fingerprint density at radius 2 is 1.60 bits per heavy atom. The van der Waals surface area contributed by atoms with Gasteiger partial charge in [-0.2, -0.15) is 21.6 Å². The second kappa shape index (κ2) is 23.0. The van der Waals surface area contributed by atoms with E-state index in [1.54, 1.807) is 7.11 Å². The minimum Gasteiger partial charge on any atom is -0.462 e. The fourth-order valence-corrected chi connectivity index (χ4v) is 14.0. The van der Waals surface area contributed by atoms with E-state index >= 15 is 0 Å². The number of halogens is 3. The van der Waals surface area contributed by atoms with Crippen molar-refractivity contribution < 1.29 is 82.7 Å². The molecule has 0 aromatic heterocycles. The van der Waals surface area contributed by atoms with Crippen molar-refractivity contribution in [3.63, 3.8) is 0 Å². The third-order valence-corrected chi connectivity index (χ3v) is 23.0. The van der Waals surface area contributed by atoms with Crippen LogP contribution in [-0.4, -0.2) is 145 Å². The number of fused-ring (bicyclic) bond motifs is 2. The van der Waals surface area contributed by atoms with Crippen LogP contribution in [0.2, 0.25) is 18.1 Å². The van der Waals surface area contributed by atoms with Crippen LogP contribution in [0.4, 0.5) is 13.2 Å². The summed E-state index contributed by atoms with van der Waals surface area (Å²) in [7, 11) is -5.51. The van der Waals surface area contributed by atoms with Crippen LogP contribution in [0.15, 0.2) is 59.3 Å². The molecule has 1 spiro atoms. The highest BCUT2D eigenvalue weighted by molar-refractivity contribution is 7.87. The lowest BCUT2D eigenvalue weighted by Gasteiger charge is -2.49. The van der Waals surface area contributed by atoms with Gasteiger partial charge in [0, 0.05) is 57.7 Å². The molecule has 1 aliphatic carbocycles. The lowest BCUT2D eigenvalue weighted by atomic mass is 9.71. The van der Waals surface area contributed by atoms with E-state index in [1.165, 1.54) is 14.0 Å². The number of allylic oxidation sites excluding steroid dienone is 2. The van der Waals surface area contributed by atoms with Crippen LogP contribution in [0.25, 0.3) is 0 Å². The Hall–Kier alpha value is -2.31. The number of methoxy groups -OCH3 is 2. The summed E-state index contributed by atoms with van der Waals surface area (Å²) in [6, 6.07) is 0. The number of hydrogen-bond acceptors (Lipinski definition) is 15. The molecular formula is C55H85F3O15SSi. The molecule has 75 heavy (non-hydrogen) atoms. The molecule has 0 radical (unpaired) electrons. The zero-order chi connectivity index (χ0) is 55.4. The molecule has 20 atom stereocenters. The number of rotatable bonds is 11. The number of carbonyl (C=O) groups is 1. The molecular weight excluding hydrogens is 1020 g/mol. The van der Waals surface area contributed by atoms with Gasteiger partial charge >= 0.3 is 21.6 Å². The van der Waals surface area contributed by atoms with E-state index in [0.29, 0.717) is 18.4 Å². The molecule has 4 fully saturated rings. The molecule has 7 rings (SSSR count). The Labute approximate surface area is 444 Å². The van der Waals surface area contributed by atoms with E-state index in [-0.39, 0.29) is 54.8 Å². The smallest absolute Gasteiger partial charge is 0.462 e. The maximum Gasteiger partial charge on any atom is 0.523 e.